The molecule has 0 saturated carbocycles. The molecule has 0 aliphatic carbocycles. The number of nitrogens with two attached hydrogens (primary N) is 2. The predicted octanol–water partition coefficient (Wildman–Crippen LogP) is 1.34. The molecule has 0 atom stereocenters. The Morgan fingerprint density at radius 1 is 0.885 bits per heavy atom. The van der Waals surface area contributed by atoms with Crippen LogP contribution in [0.1, 0.15) is 12.5 Å². The minimum absolute atomic E-state index is 0.000278. The number of aromatic hydroxyl groups is 2. The van der Waals surface area contributed by atoms with Crippen LogP contribution in [0.2, 0.25) is 0 Å². The smallest absolute Gasteiger partial charge is 0.307 e. The Bertz CT molecular complexity index is 640. The van der Waals surface area contributed by atoms with E-state index in [1.54, 1.807) is 36.4 Å². The third kappa shape index (κ3) is 22.5. The zero-order chi connectivity index (χ0) is 20.5. The molecule has 26 heavy (non-hydrogen) atoms. The Labute approximate surface area is 150 Å². The van der Waals surface area contributed by atoms with E-state index in [1.807, 2.05) is 6.07 Å². The lowest BCUT2D eigenvalue weighted by atomic mass is 10.1. The van der Waals surface area contributed by atoms with Gasteiger partial charge in [-0.3, -0.25) is 15.0 Å². The van der Waals surface area contributed by atoms with Gasteiger partial charge in [0, 0.05) is 6.92 Å². The Balaban J connectivity index is 0. The number of guanidine groups is 1. The predicted molar refractivity (Wildman–Crippen MR) is 97.0 cm³/mol. The molecule has 0 radical (unpaired) electrons. The van der Waals surface area contributed by atoms with E-state index in [9.17, 15) is 4.79 Å². The summed E-state index contributed by atoms with van der Waals surface area (Å²) in [6, 6.07) is 14.8. The van der Waals surface area contributed by atoms with Gasteiger partial charge < -0.3 is 31.9 Å². The quantitative estimate of drug-likeness (QED) is 0.306. The van der Waals surface area contributed by atoms with Crippen LogP contribution < -0.4 is 11.5 Å². The molecule has 0 heterocycles. The molecule has 0 unspecified atom stereocenters. The average molecular weight is 365 g/mol. The van der Waals surface area contributed by atoms with Crippen molar-refractivity contribution in [1.82, 2.24) is 0 Å². The molecule has 0 aliphatic heterocycles. The van der Waals surface area contributed by atoms with Crippen LogP contribution in [-0.4, -0.2) is 38.3 Å². The highest BCUT2D eigenvalue weighted by atomic mass is 16.4. The molecule has 2 aromatic rings. The van der Waals surface area contributed by atoms with Crippen molar-refractivity contribution in [3.05, 3.63) is 60.2 Å². The zero-order valence-electron chi connectivity index (χ0n) is 14.2. The van der Waals surface area contributed by atoms with Gasteiger partial charge in [0.15, 0.2) is 5.96 Å². The molecule has 2 aromatic carbocycles. The van der Waals surface area contributed by atoms with Gasteiger partial charge in [0.1, 0.15) is 11.5 Å². The number of carboxylic acids is 2. The number of para-hydroxylation sites is 1. The van der Waals surface area contributed by atoms with Crippen LogP contribution in [0.3, 0.4) is 0 Å². The minimum atomic E-state index is -0.865. The van der Waals surface area contributed by atoms with Crippen molar-refractivity contribution < 1.29 is 30.0 Å². The van der Waals surface area contributed by atoms with Crippen molar-refractivity contribution in [3.8, 4) is 11.5 Å². The molecular weight excluding hydrogens is 342 g/mol. The first kappa shape index (κ1) is 24.5. The van der Waals surface area contributed by atoms with Gasteiger partial charge in [-0.2, -0.15) is 0 Å². The van der Waals surface area contributed by atoms with E-state index in [1.165, 1.54) is 12.1 Å². The van der Waals surface area contributed by atoms with Gasteiger partial charge in [0.05, 0.1) is 6.42 Å². The van der Waals surface area contributed by atoms with Gasteiger partial charge in [-0.1, -0.05) is 30.3 Å². The summed E-state index contributed by atoms with van der Waals surface area (Å²) >= 11 is 0. The second-order valence-corrected chi connectivity index (χ2v) is 4.55. The van der Waals surface area contributed by atoms with Crippen molar-refractivity contribution >= 4 is 17.9 Å². The number of rotatable bonds is 2. The summed E-state index contributed by atoms with van der Waals surface area (Å²) in [6.45, 7) is 1.08. The first-order valence-corrected chi connectivity index (χ1v) is 7.07. The maximum absolute atomic E-state index is 10.2. The first-order chi connectivity index (χ1) is 12.0. The molecule has 9 heteroatoms. The lowest BCUT2D eigenvalue weighted by Crippen LogP contribution is -2.20. The highest BCUT2D eigenvalue weighted by molar-refractivity contribution is 5.71. The Morgan fingerprint density at radius 2 is 1.23 bits per heavy atom. The number of benzene rings is 2. The summed E-state index contributed by atoms with van der Waals surface area (Å²) in [6.07, 6.45) is 0.000278. The molecule has 9 nitrogen and oxygen atoms in total. The van der Waals surface area contributed by atoms with Crippen LogP contribution in [0, 0.1) is 5.41 Å². The van der Waals surface area contributed by atoms with E-state index in [2.05, 4.69) is 11.5 Å². The third-order valence-electron chi connectivity index (χ3n) is 2.05. The van der Waals surface area contributed by atoms with E-state index >= 15 is 0 Å². The largest absolute Gasteiger partial charge is 0.508 e. The number of carbonyl (C=O) groups is 2. The molecule has 0 amide bonds. The topological polar surface area (TPSA) is 191 Å². The number of phenols is 2. The normalized spacial score (nSPS) is 8.19. The third-order valence-corrected chi connectivity index (χ3v) is 2.05. The van der Waals surface area contributed by atoms with Gasteiger partial charge in [-0.25, -0.2) is 0 Å². The first-order valence-electron chi connectivity index (χ1n) is 7.07. The molecule has 0 spiro atoms. The van der Waals surface area contributed by atoms with Crippen LogP contribution >= 0.6 is 0 Å². The van der Waals surface area contributed by atoms with E-state index in [0.717, 1.165) is 6.92 Å². The molecule has 142 valence electrons. The van der Waals surface area contributed by atoms with E-state index in [-0.39, 0.29) is 18.1 Å². The molecule has 0 fully saturated rings. The van der Waals surface area contributed by atoms with Crippen molar-refractivity contribution in [3.63, 3.8) is 0 Å². The lowest BCUT2D eigenvalue weighted by Gasteiger charge is -1.95. The molecule has 0 saturated heterocycles. The Morgan fingerprint density at radius 3 is 1.50 bits per heavy atom. The number of hydrogen-bond acceptors (Lipinski definition) is 5. The maximum atomic E-state index is 10.2. The Hall–Kier alpha value is -3.75. The number of phenolic OH excluding ortho intramolecular Hbond substituents is 2. The standard InChI is InChI=1S/C8H8O3.C6H6O.C2H4O2.CH5N3/c9-7-3-1-6(2-4-7)5-8(10)11;7-6-4-2-1-3-5-6;1-2(3)4;2-1(3)4/h1-4,9H,5H2,(H,10,11);1-5,7H;1H3,(H,3,4);(H5,2,3,4). The van der Waals surface area contributed by atoms with Gasteiger partial charge in [-0.05, 0) is 29.8 Å². The number of nitrogens with one attached hydrogen (secondary N) is 1. The summed E-state index contributed by atoms with van der Waals surface area (Å²) < 4.78 is 0. The molecule has 0 bridgehead atoms. The highest BCUT2D eigenvalue weighted by Gasteiger charge is 1.98. The summed E-state index contributed by atoms with van der Waals surface area (Å²) in [7, 11) is 0. The van der Waals surface area contributed by atoms with Gasteiger partial charge >= 0.3 is 5.97 Å². The second-order valence-electron chi connectivity index (χ2n) is 4.55. The fourth-order valence-corrected chi connectivity index (χ4v) is 1.22. The van der Waals surface area contributed by atoms with E-state index < -0.39 is 11.9 Å². The van der Waals surface area contributed by atoms with Gasteiger partial charge in [0.25, 0.3) is 5.97 Å². The minimum Gasteiger partial charge on any atom is -0.508 e. The highest BCUT2D eigenvalue weighted by Crippen LogP contribution is 2.09. The summed E-state index contributed by atoms with van der Waals surface area (Å²) in [4.78, 5) is 19.2. The van der Waals surface area contributed by atoms with Crippen molar-refractivity contribution in [2.45, 2.75) is 13.3 Å². The fourth-order valence-electron chi connectivity index (χ4n) is 1.22. The summed E-state index contributed by atoms with van der Waals surface area (Å²) in [5, 5.41) is 39.3. The van der Waals surface area contributed by atoms with E-state index in [4.69, 9.17) is 30.6 Å². The molecule has 0 aliphatic rings. The fraction of sp³-hybridized carbons (Fsp3) is 0.118. The monoisotopic (exact) mass is 365 g/mol. The molecule has 2 rings (SSSR count). The van der Waals surface area contributed by atoms with Gasteiger partial charge in [0.2, 0.25) is 0 Å². The number of aliphatic carboxylic acids is 2. The molecule has 0 aromatic heterocycles. The maximum Gasteiger partial charge on any atom is 0.307 e. The van der Waals surface area contributed by atoms with Crippen LogP contribution in [0.25, 0.3) is 0 Å². The van der Waals surface area contributed by atoms with E-state index in [0.29, 0.717) is 11.3 Å². The van der Waals surface area contributed by atoms with Crippen LogP contribution in [0.5, 0.6) is 11.5 Å². The van der Waals surface area contributed by atoms with Crippen LogP contribution in [0.4, 0.5) is 0 Å². The Kier molecular flexibility index (Phi) is 14.0. The van der Waals surface area contributed by atoms with Gasteiger partial charge in [-0.15, -0.1) is 0 Å². The van der Waals surface area contributed by atoms with Crippen LogP contribution in [-0.2, 0) is 16.0 Å². The number of carboxylic acid groups (broad SMARTS) is 2. The second kappa shape index (κ2) is 14.8. The van der Waals surface area contributed by atoms with Crippen molar-refractivity contribution in [2.75, 3.05) is 0 Å². The molecule has 9 N–H and O–H groups in total. The van der Waals surface area contributed by atoms with Crippen molar-refractivity contribution in [2.24, 2.45) is 11.5 Å². The van der Waals surface area contributed by atoms with Crippen molar-refractivity contribution in [1.29, 1.82) is 5.41 Å². The molecular formula is C17H23N3O6. The summed E-state index contributed by atoms with van der Waals surface area (Å²) in [5.74, 6) is -1.56. The average Bonchev–Trinajstić information content (AvgIpc) is 2.49. The van der Waals surface area contributed by atoms with Crippen LogP contribution in [0.15, 0.2) is 54.6 Å². The lowest BCUT2D eigenvalue weighted by molar-refractivity contribution is -0.136. The zero-order valence-corrected chi connectivity index (χ0v) is 14.2. The SMILES string of the molecule is CC(=O)O.N=C(N)N.O=C(O)Cc1ccc(O)cc1.Oc1ccccc1. The number of hydrogen-bond donors (Lipinski definition) is 7. The summed E-state index contributed by atoms with van der Waals surface area (Å²) in [5.41, 5.74) is 9.63.